The Labute approximate surface area is 93.1 Å². The van der Waals surface area contributed by atoms with Crippen LogP contribution in [-0.4, -0.2) is 10.2 Å². The summed E-state index contributed by atoms with van der Waals surface area (Å²) < 4.78 is 0. The van der Waals surface area contributed by atoms with Crippen LogP contribution in [-0.2, 0) is 5.33 Å². The third-order valence-electron chi connectivity index (χ3n) is 1.69. The number of carbonyl (C=O) groups is 1. The summed E-state index contributed by atoms with van der Waals surface area (Å²) in [5, 5.41) is 10.1. The molecule has 0 saturated heterocycles. The number of nitro benzene ring substituents is 1. The molecule has 0 aliphatic heterocycles. The van der Waals surface area contributed by atoms with Crippen molar-refractivity contribution in [1.82, 2.24) is 0 Å². The number of nitro groups is 1. The maximum atomic E-state index is 10.9. The fraction of sp³-hybridized carbons (Fsp3) is 0.125. The maximum Gasteiger partial charge on any atom is 0.274 e. The van der Waals surface area contributed by atoms with Crippen molar-refractivity contribution in [2.45, 2.75) is 5.33 Å². The average molecular weight is 278 g/mol. The van der Waals surface area contributed by atoms with Gasteiger partial charge < -0.3 is 0 Å². The topological polar surface area (TPSA) is 60.2 Å². The summed E-state index contributed by atoms with van der Waals surface area (Å²) in [5.74, 6) is 0. The van der Waals surface area contributed by atoms with Crippen LogP contribution in [0.15, 0.2) is 18.2 Å². The van der Waals surface area contributed by atoms with E-state index in [1.807, 2.05) is 0 Å². The van der Waals surface area contributed by atoms with E-state index in [0.29, 0.717) is 5.56 Å². The van der Waals surface area contributed by atoms with Crippen molar-refractivity contribution in [3.05, 3.63) is 39.4 Å². The minimum atomic E-state index is -0.692. The van der Waals surface area contributed by atoms with Gasteiger partial charge in [0, 0.05) is 17.0 Å². The Morgan fingerprint density at radius 1 is 1.57 bits per heavy atom. The Hall–Kier alpha value is -0.940. The Morgan fingerprint density at radius 2 is 2.21 bits per heavy atom. The molecule has 0 aromatic heterocycles. The Kier molecular flexibility index (Phi) is 3.60. The van der Waals surface area contributed by atoms with Gasteiger partial charge in [-0.15, -0.1) is 0 Å². The molecule has 0 saturated carbocycles. The molecule has 0 spiro atoms. The molecule has 0 aliphatic rings. The summed E-state index contributed by atoms with van der Waals surface area (Å²) in [6.45, 7) is 0. The molecule has 0 amide bonds. The highest BCUT2D eigenvalue weighted by molar-refractivity contribution is 9.08. The van der Waals surface area contributed by atoms with Crippen LogP contribution < -0.4 is 0 Å². The number of carbonyl (C=O) groups excluding carboxylic acids is 1. The number of halogens is 2. The first-order valence-corrected chi connectivity index (χ1v) is 5.10. The number of rotatable bonds is 3. The normalized spacial score (nSPS) is 9.86. The largest absolute Gasteiger partial charge is 0.276 e. The van der Waals surface area contributed by atoms with Crippen molar-refractivity contribution in [3.63, 3.8) is 0 Å². The van der Waals surface area contributed by atoms with E-state index in [4.69, 9.17) is 11.6 Å². The van der Waals surface area contributed by atoms with Crippen molar-refractivity contribution in [3.8, 4) is 0 Å². The lowest BCUT2D eigenvalue weighted by atomic mass is 10.1. The number of benzene rings is 1. The minimum absolute atomic E-state index is 0.103. The van der Waals surface area contributed by atoms with Gasteiger partial charge in [0.1, 0.15) is 0 Å². The van der Waals surface area contributed by atoms with Gasteiger partial charge in [-0.2, -0.15) is 0 Å². The first kappa shape index (κ1) is 11.1. The zero-order valence-electron chi connectivity index (χ0n) is 6.87. The van der Waals surface area contributed by atoms with Crippen LogP contribution in [0.4, 0.5) is 5.69 Å². The van der Waals surface area contributed by atoms with Crippen LogP contribution in [0, 0.1) is 10.1 Å². The summed E-state index contributed by atoms with van der Waals surface area (Å²) in [6, 6.07) is 4.22. The van der Waals surface area contributed by atoms with E-state index in [0.717, 1.165) is 0 Å². The second-order valence-corrected chi connectivity index (χ2v) is 3.37. The first-order valence-electron chi connectivity index (χ1n) is 3.60. The van der Waals surface area contributed by atoms with Gasteiger partial charge in [0.05, 0.1) is 10.5 Å². The van der Waals surface area contributed by atoms with E-state index >= 15 is 0 Å². The van der Waals surface area contributed by atoms with Gasteiger partial charge >= 0.3 is 0 Å². The molecule has 0 bridgehead atoms. The van der Waals surface area contributed by atoms with Gasteiger partial charge in [0.2, 0.25) is 0 Å². The molecule has 4 nitrogen and oxygen atoms in total. The second kappa shape index (κ2) is 4.52. The summed E-state index contributed by atoms with van der Waals surface area (Å²) in [4.78, 5) is 21.0. The highest BCUT2D eigenvalue weighted by Crippen LogP contribution is 2.25. The van der Waals surface area contributed by atoms with Crippen molar-refractivity contribution in [1.29, 1.82) is 0 Å². The van der Waals surface area contributed by atoms with Gasteiger partial charge in [-0.05, 0) is 17.7 Å². The lowest BCUT2D eigenvalue weighted by molar-refractivity contribution is -0.385. The van der Waals surface area contributed by atoms with Gasteiger partial charge in [-0.3, -0.25) is 14.9 Å². The SMILES string of the molecule is O=C(Cl)c1cccc([N+](=O)[O-])c1CBr. The second-order valence-electron chi connectivity index (χ2n) is 2.47. The quantitative estimate of drug-likeness (QED) is 0.370. The van der Waals surface area contributed by atoms with Crippen molar-refractivity contribution < 1.29 is 9.72 Å². The average Bonchev–Trinajstić information content (AvgIpc) is 2.16. The predicted octanol–water partition coefficient (Wildman–Crippen LogP) is 2.87. The lowest BCUT2D eigenvalue weighted by Gasteiger charge is -2.02. The maximum absolute atomic E-state index is 10.9. The highest BCUT2D eigenvalue weighted by Gasteiger charge is 2.18. The Bertz CT molecular complexity index is 362. The van der Waals surface area contributed by atoms with Crippen LogP contribution in [0.5, 0.6) is 0 Å². The molecule has 0 fully saturated rings. The van der Waals surface area contributed by atoms with Crippen molar-refractivity contribution >= 4 is 38.5 Å². The molecule has 0 heterocycles. The van der Waals surface area contributed by atoms with Crippen LogP contribution in [0.2, 0.25) is 0 Å². The molecule has 0 unspecified atom stereocenters. The molecule has 1 rings (SSSR count). The van der Waals surface area contributed by atoms with Crippen LogP contribution in [0.1, 0.15) is 15.9 Å². The molecular formula is C8H5BrClNO3. The van der Waals surface area contributed by atoms with Crippen molar-refractivity contribution in [2.75, 3.05) is 0 Å². The van der Waals surface area contributed by atoms with Crippen LogP contribution in [0.3, 0.4) is 0 Å². The van der Waals surface area contributed by atoms with Gasteiger partial charge in [-0.1, -0.05) is 22.0 Å². The molecule has 74 valence electrons. The van der Waals surface area contributed by atoms with Crippen LogP contribution in [0.25, 0.3) is 0 Å². The van der Waals surface area contributed by atoms with E-state index in [1.54, 1.807) is 0 Å². The van der Waals surface area contributed by atoms with E-state index in [2.05, 4.69) is 15.9 Å². The standard InChI is InChI=1S/C8H5BrClNO3/c9-4-6-5(8(10)12)2-1-3-7(6)11(13)14/h1-3H,4H2. The molecule has 0 radical (unpaired) electrons. The molecule has 14 heavy (non-hydrogen) atoms. The molecule has 6 heteroatoms. The third-order valence-corrected chi connectivity index (χ3v) is 2.46. The number of hydrogen-bond acceptors (Lipinski definition) is 3. The number of hydrogen-bond donors (Lipinski definition) is 0. The molecule has 0 aliphatic carbocycles. The van der Waals surface area contributed by atoms with E-state index in [1.165, 1.54) is 18.2 Å². The molecule has 1 aromatic carbocycles. The summed E-state index contributed by atoms with van der Waals surface area (Å²) in [5.41, 5.74) is 0.364. The summed E-state index contributed by atoms with van der Waals surface area (Å²) >= 11 is 8.36. The van der Waals surface area contributed by atoms with E-state index in [9.17, 15) is 14.9 Å². The van der Waals surface area contributed by atoms with Crippen molar-refractivity contribution in [2.24, 2.45) is 0 Å². The summed E-state index contributed by atoms with van der Waals surface area (Å²) in [6.07, 6.45) is 0. The Balaban J connectivity index is 3.39. The zero-order valence-corrected chi connectivity index (χ0v) is 9.21. The lowest BCUT2D eigenvalue weighted by Crippen LogP contribution is -2.00. The van der Waals surface area contributed by atoms with Gasteiger partial charge in [-0.25, -0.2) is 0 Å². The van der Waals surface area contributed by atoms with Gasteiger partial charge in [0.25, 0.3) is 10.9 Å². The highest BCUT2D eigenvalue weighted by atomic mass is 79.9. The molecular weight excluding hydrogens is 273 g/mol. The third kappa shape index (κ3) is 2.10. The fourth-order valence-corrected chi connectivity index (χ4v) is 1.84. The Morgan fingerprint density at radius 3 is 2.64 bits per heavy atom. The van der Waals surface area contributed by atoms with E-state index in [-0.39, 0.29) is 16.6 Å². The first-order chi connectivity index (χ1) is 6.57. The van der Waals surface area contributed by atoms with Crippen LogP contribution >= 0.6 is 27.5 Å². The summed E-state index contributed by atoms with van der Waals surface area (Å²) in [7, 11) is 0. The predicted molar refractivity (Wildman–Crippen MR) is 55.9 cm³/mol. The minimum Gasteiger partial charge on any atom is -0.276 e. The van der Waals surface area contributed by atoms with Gasteiger partial charge in [0.15, 0.2) is 0 Å². The number of nitrogens with zero attached hydrogens (tertiary/aromatic N) is 1. The number of alkyl halides is 1. The zero-order chi connectivity index (χ0) is 10.7. The molecule has 0 atom stereocenters. The smallest absolute Gasteiger partial charge is 0.274 e. The van der Waals surface area contributed by atoms with E-state index < -0.39 is 10.2 Å². The molecule has 1 aromatic rings. The molecule has 0 N–H and O–H groups in total. The monoisotopic (exact) mass is 277 g/mol. The fourth-order valence-electron chi connectivity index (χ4n) is 1.07.